The molecule has 2 atom stereocenters. The molecule has 1 aromatic carbocycles. The van der Waals surface area contributed by atoms with Crippen molar-refractivity contribution < 1.29 is 9.84 Å². The molecule has 4 nitrogen and oxygen atoms in total. The fraction of sp³-hybridized carbons (Fsp3) is 0.478. The van der Waals surface area contributed by atoms with Crippen molar-refractivity contribution in [3.05, 3.63) is 59.7 Å². The SMILES string of the molecule is CC1CCC(C2C=CC(/C=C/C(O)OCc3cc(N)cc(N)c3)=CC2)CC1. The van der Waals surface area contributed by atoms with Crippen LogP contribution in [0, 0.1) is 17.8 Å². The normalized spacial score (nSPS) is 26.9. The van der Waals surface area contributed by atoms with Gasteiger partial charge in [-0.2, -0.15) is 0 Å². The van der Waals surface area contributed by atoms with E-state index in [0.29, 0.717) is 17.3 Å². The summed E-state index contributed by atoms with van der Waals surface area (Å²) in [5, 5.41) is 10.0. The Bertz CT molecular complexity index is 695. The maximum atomic E-state index is 10.0. The molecule has 0 spiro atoms. The lowest BCUT2D eigenvalue weighted by molar-refractivity contribution is -0.0732. The summed E-state index contributed by atoms with van der Waals surface area (Å²) < 4.78 is 5.46. The molecule has 0 saturated heterocycles. The highest BCUT2D eigenvalue weighted by atomic mass is 16.6. The lowest BCUT2D eigenvalue weighted by atomic mass is 9.74. The highest BCUT2D eigenvalue weighted by Crippen LogP contribution is 2.37. The number of aliphatic hydroxyl groups excluding tert-OH is 1. The van der Waals surface area contributed by atoms with Crippen LogP contribution < -0.4 is 11.5 Å². The highest BCUT2D eigenvalue weighted by molar-refractivity contribution is 5.54. The number of rotatable bonds is 6. The highest BCUT2D eigenvalue weighted by Gasteiger charge is 2.24. The fourth-order valence-electron chi connectivity index (χ4n) is 4.10. The van der Waals surface area contributed by atoms with Crippen LogP contribution in [-0.2, 0) is 11.3 Å². The molecule has 1 saturated carbocycles. The van der Waals surface area contributed by atoms with Crippen molar-refractivity contribution in [3.8, 4) is 0 Å². The number of allylic oxidation sites excluding steroid dienone is 5. The number of nitrogen functional groups attached to an aromatic ring is 2. The van der Waals surface area contributed by atoms with Gasteiger partial charge in [-0.15, -0.1) is 0 Å². The van der Waals surface area contributed by atoms with E-state index in [9.17, 15) is 5.11 Å². The number of hydrogen-bond acceptors (Lipinski definition) is 4. The van der Waals surface area contributed by atoms with E-state index in [1.165, 1.54) is 25.7 Å². The van der Waals surface area contributed by atoms with E-state index in [1.807, 2.05) is 6.08 Å². The van der Waals surface area contributed by atoms with Gasteiger partial charge in [0.2, 0.25) is 0 Å². The van der Waals surface area contributed by atoms with E-state index < -0.39 is 6.29 Å². The first-order valence-electron chi connectivity index (χ1n) is 10.0. The van der Waals surface area contributed by atoms with E-state index >= 15 is 0 Å². The third-order valence-electron chi connectivity index (χ3n) is 5.74. The van der Waals surface area contributed by atoms with Crippen LogP contribution in [0.4, 0.5) is 11.4 Å². The summed E-state index contributed by atoms with van der Waals surface area (Å²) in [5.74, 6) is 2.40. The van der Waals surface area contributed by atoms with Gasteiger partial charge in [-0.3, -0.25) is 0 Å². The van der Waals surface area contributed by atoms with Gasteiger partial charge in [0.05, 0.1) is 6.61 Å². The van der Waals surface area contributed by atoms with Crippen LogP contribution >= 0.6 is 0 Å². The first-order chi connectivity index (χ1) is 13.0. The Balaban J connectivity index is 1.44. The minimum atomic E-state index is -0.959. The second-order valence-corrected chi connectivity index (χ2v) is 8.05. The number of ether oxygens (including phenoxy) is 1. The smallest absolute Gasteiger partial charge is 0.174 e. The predicted molar refractivity (Wildman–Crippen MR) is 112 cm³/mol. The van der Waals surface area contributed by atoms with Crippen molar-refractivity contribution in [2.75, 3.05) is 11.5 Å². The summed E-state index contributed by atoms with van der Waals surface area (Å²) in [5.41, 5.74) is 14.7. The Kier molecular flexibility index (Phi) is 6.75. The number of hydrogen-bond donors (Lipinski definition) is 3. The average molecular weight is 369 g/mol. The van der Waals surface area contributed by atoms with Crippen LogP contribution in [0.25, 0.3) is 0 Å². The van der Waals surface area contributed by atoms with Crippen LogP contribution in [-0.4, -0.2) is 11.4 Å². The molecule has 2 aliphatic rings. The summed E-state index contributed by atoms with van der Waals surface area (Å²) in [6, 6.07) is 5.29. The molecule has 0 radical (unpaired) electrons. The molecular weight excluding hydrogens is 336 g/mol. The Morgan fingerprint density at radius 3 is 2.48 bits per heavy atom. The Morgan fingerprint density at radius 2 is 1.85 bits per heavy atom. The van der Waals surface area contributed by atoms with Crippen LogP contribution in [0.2, 0.25) is 0 Å². The zero-order chi connectivity index (χ0) is 19.2. The predicted octanol–water partition coefficient (Wildman–Crippen LogP) is 4.57. The second-order valence-electron chi connectivity index (χ2n) is 8.05. The van der Waals surface area contributed by atoms with Crippen LogP contribution in [0.1, 0.15) is 44.6 Å². The lowest BCUT2D eigenvalue weighted by Crippen LogP contribution is -2.20. The molecule has 4 heteroatoms. The van der Waals surface area contributed by atoms with Gasteiger partial charge in [-0.1, -0.05) is 44.1 Å². The first kappa shape index (κ1) is 19.7. The lowest BCUT2D eigenvalue weighted by Gasteiger charge is -2.32. The fourth-order valence-corrected chi connectivity index (χ4v) is 4.10. The van der Waals surface area contributed by atoms with Crippen molar-refractivity contribution in [3.63, 3.8) is 0 Å². The molecule has 0 heterocycles. The van der Waals surface area contributed by atoms with Gasteiger partial charge < -0.3 is 21.3 Å². The molecule has 1 fully saturated rings. The largest absolute Gasteiger partial charge is 0.399 e. The van der Waals surface area contributed by atoms with Crippen molar-refractivity contribution in [1.82, 2.24) is 0 Å². The topological polar surface area (TPSA) is 81.5 Å². The summed E-state index contributed by atoms with van der Waals surface area (Å²) >= 11 is 0. The summed E-state index contributed by atoms with van der Waals surface area (Å²) in [4.78, 5) is 0. The van der Waals surface area contributed by atoms with Crippen molar-refractivity contribution in [1.29, 1.82) is 0 Å². The van der Waals surface area contributed by atoms with Crippen LogP contribution in [0.15, 0.2) is 54.2 Å². The number of anilines is 2. The molecule has 27 heavy (non-hydrogen) atoms. The minimum absolute atomic E-state index is 0.262. The second kappa shape index (κ2) is 9.25. The Hall–Kier alpha value is -2.04. The molecule has 0 bridgehead atoms. The maximum absolute atomic E-state index is 10.0. The molecule has 3 rings (SSSR count). The number of benzene rings is 1. The molecule has 5 N–H and O–H groups in total. The molecule has 1 aromatic rings. The summed E-state index contributed by atoms with van der Waals surface area (Å²) in [7, 11) is 0. The quantitative estimate of drug-likeness (QED) is 0.507. The van der Waals surface area contributed by atoms with Gasteiger partial charge >= 0.3 is 0 Å². The minimum Gasteiger partial charge on any atom is -0.399 e. The third-order valence-corrected chi connectivity index (χ3v) is 5.74. The van der Waals surface area contributed by atoms with E-state index in [0.717, 1.165) is 29.4 Å². The third kappa shape index (κ3) is 5.98. The maximum Gasteiger partial charge on any atom is 0.174 e. The van der Waals surface area contributed by atoms with E-state index in [2.05, 4.69) is 25.2 Å². The average Bonchev–Trinajstić information content (AvgIpc) is 2.65. The van der Waals surface area contributed by atoms with Crippen molar-refractivity contribution >= 4 is 11.4 Å². The van der Waals surface area contributed by atoms with Crippen molar-refractivity contribution in [2.45, 2.75) is 51.9 Å². The standard InChI is InChI=1S/C23H32N2O2/c1-16-2-7-19(8-3-16)20-9-4-17(5-10-20)6-11-23(26)27-15-18-12-21(24)14-22(25)13-18/h4-6,9,11-14,16,19-20,23,26H,2-3,7-8,10,15,24-25H2,1H3/b11-6+. The van der Waals surface area contributed by atoms with E-state index in [4.69, 9.17) is 16.2 Å². The molecule has 2 unspecified atom stereocenters. The van der Waals surface area contributed by atoms with E-state index in [1.54, 1.807) is 24.3 Å². The van der Waals surface area contributed by atoms with Gasteiger partial charge in [0.25, 0.3) is 0 Å². The Labute approximate surface area is 162 Å². The molecule has 146 valence electrons. The molecule has 0 aliphatic heterocycles. The monoisotopic (exact) mass is 368 g/mol. The molecular formula is C23H32N2O2. The molecule has 2 aliphatic carbocycles. The van der Waals surface area contributed by atoms with Crippen molar-refractivity contribution in [2.24, 2.45) is 17.8 Å². The molecule has 0 amide bonds. The van der Waals surface area contributed by atoms with Crippen LogP contribution in [0.3, 0.4) is 0 Å². The van der Waals surface area contributed by atoms with Gasteiger partial charge in [-0.25, -0.2) is 0 Å². The van der Waals surface area contributed by atoms with Gasteiger partial charge in [0.1, 0.15) is 0 Å². The van der Waals surface area contributed by atoms with Gasteiger partial charge in [0.15, 0.2) is 6.29 Å². The number of aliphatic hydroxyl groups is 1. The zero-order valence-electron chi connectivity index (χ0n) is 16.2. The van der Waals surface area contributed by atoms with Gasteiger partial charge in [-0.05, 0) is 72.4 Å². The zero-order valence-corrected chi connectivity index (χ0v) is 16.2. The first-order valence-corrected chi connectivity index (χ1v) is 10.0. The number of nitrogens with two attached hydrogens (primary N) is 2. The van der Waals surface area contributed by atoms with E-state index in [-0.39, 0.29) is 6.61 Å². The van der Waals surface area contributed by atoms with Gasteiger partial charge in [0, 0.05) is 11.4 Å². The van der Waals surface area contributed by atoms with Crippen LogP contribution in [0.5, 0.6) is 0 Å². The summed E-state index contributed by atoms with van der Waals surface area (Å²) in [6.45, 7) is 2.63. The molecule has 0 aromatic heterocycles. The summed E-state index contributed by atoms with van der Waals surface area (Å²) in [6.07, 6.45) is 16.0. The Morgan fingerprint density at radius 1 is 1.15 bits per heavy atom.